The van der Waals surface area contributed by atoms with E-state index in [1.807, 2.05) is 19.1 Å². The highest BCUT2D eigenvalue weighted by Crippen LogP contribution is 2.26. The summed E-state index contributed by atoms with van der Waals surface area (Å²) in [5.41, 5.74) is 0. The van der Waals surface area contributed by atoms with Crippen LogP contribution < -0.4 is 0 Å². The quantitative estimate of drug-likeness (QED) is 0.722. The molecule has 0 saturated heterocycles. The number of aryl methyl sites for hydroxylation is 1. The number of allylic oxidation sites excluding steroid dienone is 1. The van der Waals surface area contributed by atoms with Gasteiger partial charge in [-0.1, -0.05) is 6.92 Å². The zero-order chi connectivity index (χ0) is 9.97. The number of ether oxygens (including phenoxy) is 1. The maximum atomic E-state index is 11.1. The van der Waals surface area contributed by atoms with Crippen LogP contribution in [0.2, 0.25) is 0 Å². The number of carbonyl (C=O) groups is 1. The van der Waals surface area contributed by atoms with Gasteiger partial charge in [-0.15, -0.1) is 0 Å². The summed E-state index contributed by atoms with van der Waals surface area (Å²) < 4.78 is 10.8. The van der Waals surface area contributed by atoms with Crippen LogP contribution in [-0.4, -0.2) is 5.78 Å². The molecule has 0 bridgehead atoms. The summed E-state index contributed by atoms with van der Waals surface area (Å²) in [7, 11) is 0. The molecule has 14 heavy (non-hydrogen) atoms. The lowest BCUT2D eigenvalue weighted by atomic mass is 10.1. The molecule has 0 aromatic carbocycles. The molecule has 1 aliphatic heterocycles. The first-order valence-corrected chi connectivity index (χ1v) is 4.73. The number of furan rings is 1. The van der Waals surface area contributed by atoms with Gasteiger partial charge in [0.05, 0.1) is 12.7 Å². The molecule has 2 heterocycles. The summed E-state index contributed by atoms with van der Waals surface area (Å²) in [5.74, 6) is 1.74. The first-order chi connectivity index (χ1) is 6.79. The molecule has 0 N–H and O–H groups in total. The fourth-order valence-corrected chi connectivity index (χ4v) is 1.43. The van der Waals surface area contributed by atoms with Crippen molar-refractivity contribution in [1.82, 2.24) is 0 Å². The molecule has 0 saturated carbocycles. The summed E-state index contributed by atoms with van der Waals surface area (Å²) in [6.45, 7) is 2.02. The Balaban J connectivity index is 2.15. The van der Waals surface area contributed by atoms with Crippen molar-refractivity contribution >= 4 is 5.78 Å². The van der Waals surface area contributed by atoms with Crippen molar-refractivity contribution in [2.45, 2.75) is 25.9 Å². The maximum absolute atomic E-state index is 11.1. The summed E-state index contributed by atoms with van der Waals surface area (Å²) in [6, 6.07) is 3.79. The Kier molecular flexibility index (Phi) is 2.39. The topological polar surface area (TPSA) is 39.4 Å². The average Bonchev–Trinajstić information content (AvgIpc) is 2.66. The van der Waals surface area contributed by atoms with Crippen LogP contribution >= 0.6 is 0 Å². The van der Waals surface area contributed by atoms with Crippen LogP contribution in [0.1, 0.15) is 31.0 Å². The first-order valence-electron chi connectivity index (χ1n) is 4.73. The van der Waals surface area contributed by atoms with Gasteiger partial charge >= 0.3 is 0 Å². The van der Waals surface area contributed by atoms with Crippen molar-refractivity contribution in [2.75, 3.05) is 0 Å². The molecule has 2 rings (SSSR count). The van der Waals surface area contributed by atoms with Crippen molar-refractivity contribution in [2.24, 2.45) is 0 Å². The first kappa shape index (κ1) is 9.06. The predicted molar refractivity (Wildman–Crippen MR) is 50.7 cm³/mol. The van der Waals surface area contributed by atoms with Gasteiger partial charge in [-0.25, -0.2) is 0 Å². The molecular weight excluding hydrogens is 180 g/mol. The predicted octanol–water partition coefficient (Wildman–Crippen LogP) is 2.39. The van der Waals surface area contributed by atoms with E-state index in [1.165, 1.54) is 12.3 Å². The highest BCUT2D eigenvalue weighted by Gasteiger charge is 2.21. The van der Waals surface area contributed by atoms with Crippen molar-refractivity contribution in [3.05, 3.63) is 36.0 Å². The van der Waals surface area contributed by atoms with Crippen LogP contribution in [0.5, 0.6) is 0 Å². The third-order valence-corrected chi connectivity index (χ3v) is 2.23. The minimum Gasteiger partial charge on any atom is -0.489 e. The fraction of sp³-hybridized carbons (Fsp3) is 0.364. The normalized spacial score (nSPS) is 20.9. The molecule has 74 valence electrons. The van der Waals surface area contributed by atoms with Gasteiger partial charge in [-0.2, -0.15) is 0 Å². The van der Waals surface area contributed by atoms with E-state index in [1.54, 1.807) is 0 Å². The lowest BCUT2D eigenvalue weighted by molar-refractivity contribution is -0.118. The van der Waals surface area contributed by atoms with Crippen LogP contribution in [0.3, 0.4) is 0 Å². The molecular formula is C11H12O3. The Morgan fingerprint density at radius 2 is 2.36 bits per heavy atom. The zero-order valence-electron chi connectivity index (χ0n) is 8.03. The van der Waals surface area contributed by atoms with E-state index >= 15 is 0 Å². The van der Waals surface area contributed by atoms with Crippen molar-refractivity contribution in [1.29, 1.82) is 0 Å². The van der Waals surface area contributed by atoms with Gasteiger partial charge in [0, 0.05) is 12.5 Å². The van der Waals surface area contributed by atoms with Gasteiger partial charge in [-0.05, 0) is 12.1 Å². The van der Waals surface area contributed by atoms with E-state index in [2.05, 4.69) is 0 Å². The average molecular weight is 192 g/mol. The molecule has 1 unspecified atom stereocenters. The molecule has 1 aromatic rings. The number of hydrogen-bond acceptors (Lipinski definition) is 3. The van der Waals surface area contributed by atoms with Gasteiger partial charge in [0.15, 0.2) is 11.9 Å². The van der Waals surface area contributed by atoms with Gasteiger partial charge in [0.2, 0.25) is 0 Å². The van der Waals surface area contributed by atoms with E-state index in [-0.39, 0.29) is 11.9 Å². The van der Waals surface area contributed by atoms with Crippen molar-refractivity contribution in [3.63, 3.8) is 0 Å². The van der Waals surface area contributed by atoms with Crippen LogP contribution in [0, 0.1) is 0 Å². The van der Waals surface area contributed by atoms with Crippen molar-refractivity contribution in [3.8, 4) is 0 Å². The van der Waals surface area contributed by atoms with Crippen LogP contribution in [0.15, 0.2) is 28.9 Å². The van der Waals surface area contributed by atoms with E-state index in [9.17, 15) is 4.79 Å². The summed E-state index contributed by atoms with van der Waals surface area (Å²) in [4.78, 5) is 11.1. The van der Waals surface area contributed by atoms with Crippen molar-refractivity contribution < 1.29 is 13.9 Å². The Bertz CT molecular complexity index is 362. The summed E-state index contributed by atoms with van der Waals surface area (Å²) in [5, 5.41) is 0. The van der Waals surface area contributed by atoms with Gasteiger partial charge in [-0.3, -0.25) is 4.79 Å². The minimum absolute atomic E-state index is 0.0794. The van der Waals surface area contributed by atoms with Crippen LogP contribution in [-0.2, 0) is 16.0 Å². The molecule has 1 aromatic heterocycles. The molecule has 0 fully saturated rings. The Morgan fingerprint density at radius 1 is 1.50 bits per heavy atom. The van der Waals surface area contributed by atoms with E-state index < -0.39 is 0 Å². The molecule has 1 atom stereocenters. The lowest BCUT2D eigenvalue weighted by Crippen LogP contribution is -2.10. The Labute approximate surface area is 82.4 Å². The van der Waals surface area contributed by atoms with Crippen LogP contribution in [0.25, 0.3) is 0 Å². The van der Waals surface area contributed by atoms with Gasteiger partial charge in [0.25, 0.3) is 0 Å². The van der Waals surface area contributed by atoms with E-state index in [0.29, 0.717) is 6.42 Å². The van der Waals surface area contributed by atoms with E-state index in [0.717, 1.165) is 17.9 Å². The highest BCUT2D eigenvalue weighted by atomic mass is 16.5. The second kappa shape index (κ2) is 3.70. The number of hydrogen-bond donors (Lipinski definition) is 0. The molecule has 0 spiro atoms. The standard InChI is InChI=1S/C11H12O3/c1-2-9-3-4-10(14-9)11-7-8(12)5-6-13-11/h3-6,11H,2,7H2,1H3. The lowest BCUT2D eigenvalue weighted by Gasteiger charge is -2.15. The van der Waals surface area contributed by atoms with E-state index in [4.69, 9.17) is 9.15 Å². The fourth-order valence-electron chi connectivity index (χ4n) is 1.43. The summed E-state index contributed by atoms with van der Waals surface area (Å²) in [6.07, 6.45) is 3.86. The second-order valence-corrected chi connectivity index (χ2v) is 3.26. The molecule has 0 aliphatic carbocycles. The third kappa shape index (κ3) is 1.71. The molecule has 1 aliphatic rings. The van der Waals surface area contributed by atoms with Gasteiger partial charge in [0.1, 0.15) is 11.5 Å². The molecule has 0 radical (unpaired) electrons. The number of ketones is 1. The smallest absolute Gasteiger partial charge is 0.162 e. The maximum Gasteiger partial charge on any atom is 0.162 e. The molecule has 3 heteroatoms. The summed E-state index contributed by atoms with van der Waals surface area (Å²) >= 11 is 0. The molecule has 3 nitrogen and oxygen atoms in total. The third-order valence-electron chi connectivity index (χ3n) is 2.23. The second-order valence-electron chi connectivity index (χ2n) is 3.26. The number of carbonyl (C=O) groups excluding carboxylic acids is 1. The SMILES string of the molecule is CCc1ccc(C2CC(=O)C=CO2)o1. The monoisotopic (exact) mass is 192 g/mol. The number of rotatable bonds is 2. The highest BCUT2D eigenvalue weighted by molar-refractivity contribution is 5.90. The zero-order valence-corrected chi connectivity index (χ0v) is 8.03. The minimum atomic E-state index is -0.243. The van der Waals surface area contributed by atoms with Gasteiger partial charge < -0.3 is 9.15 Å². The largest absolute Gasteiger partial charge is 0.489 e. The Morgan fingerprint density at radius 3 is 3.00 bits per heavy atom. The Hall–Kier alpha value is -1.51. The molecule has 0 amide bonds. The van der Waals surface area contributed by atoms with Crippen LogP contribution in [0.4, 0.5) is 0 Å².